The monoisotopic (exact) mass is 236 g/mol. The number of ether oxygens (including phenoxy) is 1. The summed E-state index contributed by atoms with van der Waals surface area (Å²) in [5, 5.41) is 9.29. The summed E-state index contributed by atoms with van der Waals surface area (Å²) in [6, 6.07) is 9.08. The smallest absolute Gasteiger partial charge is 0.323 e. The minimum Gasteiger partial charge on any atom is -0.480 e. The molecule has 1 aromatic carbocycles. The number of hydrogen-bond donors (Lipinski definition) is 1. The number of hydrogen-bond acceptors (Lipinski definition) is 3. The summed E-state index contributed by atoms with van der Waals surface area (Å²) >= 11 is 0. The molecule has 0 unspecified atom stereocenters. The Bertz CT molecular complexity index is 399. The van der Waals surface area contributed by atoms with E-state index in [0.29, 0.717) is 0 Å². The maximum absolute atomic E-state index is 11.7. The quantitative estimate of drug-likeness (QED) is 0.626. The highest BCUT2D eigenvalue weighted by atomic mass is 16.5. The summed E-state index contributed by atoms with van der Waals surface area (Å²) in [6.45, 7) is 1.67. The van der Waals surface area contributed by atoms with Crippen LogP contribution in [0.4, 0.5) is 0 Å². The van der Waals surface area contributed by atoms with E-state index in [-0.39, 0.29) is 12.8 Å². The highest BCUT2D eigenvalue weighted by Crippen LogP contribution is 2.29. The molecule has 0 saturated heterocycles. The molecule has 0 spiro atoms. The second kappa shape index (κ2) is 5.48. The predicted molar refractivity (Wildman–Crippen MR) is 62.5 cm³/mol. The Labute approximate surface area is 100 Å². The van der Waals surface area contributed by atoms with Crippen LogP contribution in [-0.4, -0.2) is 24.2 Å². The van der Waals surface area contributed by atoms with Gasteiger partial charge in [0.15, 0.2) is 5.41 Å². The van der Waals surface area contributed by atoms with Gasteiger partial charge in [-0.05, 0) is 18.4 Å². The molecule has 4 heteroatoms. The number of rotatable bonds is 5. The van der Waals surface area contributed by atoms with E-state index in [1.165, 1.54) is 7.11 Å². The van der Waals surface area contributed by atoms with E-state index in [9.17, 15) is 14.7 Å². The zero-order valence-electron chi connectivity index (χ0n) is 9.97. The molecule has 0 aliphatic heterocycles. The van der Waals surface area contributed by atoms with Gasteiger partial charge in [0.2, 0.25) is 0 Å². The molecule has 0 heterocycles. The second-order valence-electron chi connectivity index (χ2n) is 3.89. The predicted octanol–water partition coefficient (Wildman–Crippen LogP) is 1.88. The van der Waals surface area contributed by atoms with Gasteiger partial charge in [-0.15, -0.1) is 0 Å². The largest absolute Gasteiger partial charge is 0.480 e. The fourth-order valence-corrected chi connectivity index (χ4v) is 1.80. The van der Waals surface area contributed by atoms with Gasteiger partial charge in [-0.1, -0.05) is 37.3 Å². The van der Waals surface area contributed by atoms with Crippen LogP contribution in [0.15, 0.2) is 30.3 Å². The van der Waals surface area contributed by atoms with Crippen molar-refractivity contribution in [2.45, 2.75) is 19.8 Å². The molecule has 1 atom stereocenters. The number of benzene rings is 1. The standard InChI is InChI=1S/C13H16O4/c1-3-13(11(14)15,12(16)17-2)9-10-7-5-4-6-8-10/h4-8H,3,9H2,1-2H3,(H,14,15)/t13-/m1/s1. The van der Waals surface area contributed by atoms with Crippen LogP contribution in [0.25, 0.3) is 0 Å². The van der Waals surface area contributed by atoms with Gasteiger partial charge in [0, 0.05) is 0 Å². The van der Waals surface area contributed by atoms with Crippen LogP contribution in [0, 0.1) is 5.41 Å². The van der Waals surface area contributed by atoms with Crippen molar-refractivity contribution in [1.29, 1.82) is 0 Å². The number of carbonyl (C=O) groups excluding carboxylic acids is 1. The Balaban J connectivity index is 3.07. The van der Waals surface area contributed by atoms with E-state index in [1.807, 2.05) is 18.2 Å². The van der Waals surface area contributed by atoms with Gasteiger partial charge in [-0.3, -0.25) is 9.59 Å². The van der Waals surface area contributed by atoms with Crippen molar-refractivity contribution in [2.24, 2.45) is 5.41 Å². The first kappa shape index (κ1) is 13.2. The van der Waals surface area contributed by atoms with Crippen LogP contribution in [0.2, 0.25) is 0 Å². The Kier molecular flexibility index (Phi) is 4.26. The Morgan fingerprint density at radius 2 is 1.88 bits per heavy atom. The van der Waals surface area contributed by atoms with Crippen LogP contribution in [0.1, 0.15) is 18.9 Å². The average Bonchev–Trinajstić information content (AvgIpc) is 2.36. The second-order valence-corrected chi connectivity index (χ2v) is 3.89. The molecule has 1 N–H and O–H groups in total. The van der Waals surface area contributed by atoms with Crippen molar-refractivity contribution in [2.75, 3.05) is 7.11 Å². The molecule has 0 aromatic heterocycles. The molecule has 92 valence electrons. The van der Waals surface area contributed by atoms with Crippen LogP contribution in [-0.2, 0) is 20.7 Å². The lowest BCUT2D eigenvalue weighted by Crippen LogP contribution is -2.41. The highest BCUT2D eigenvalue weighted by Gasteiger charge is 2.45. The summed E-state index contributed by atoms with van der Waals surface area (Å²) < 4.78 is 4.62. The molecule has 0 bridgehead atoms. The van der Waals surface area contributed by atoms with E-state index in [1.54, 1.807) is 19.1 Å². The number of carboxylic acids is 1. The minimum absolute atomic E-state index is 0.145. The maximum atomic E-state index is 11.7. The minimum atomic E-state index is -1.49. The third kappa shape index (κ3) is 2.64. The zero-order valence-corrected chi connectivity index (χ0v) is 9.97. The van der Waals surface area contributed by atoms with Gasteiger partial charge in [-0.25, -0.2) is 0 Å². The van der Waals surface area contributed by atoms with E-state index >= 15 is 0 Å². The third-order valence-corrected chi connectivity index (χ3v) is 2.94. The van der Waals surface area contributed by atoms with Crippen molar-refractivity contribution in [3.8, 4) is 0 Å². The van der Waals surface area contributed by atoms with E-state index in [2.05, 4.69) is 4.74 Å². The van der Waals surface area contributed by atoms with Gasteiger partial charge in [-0.2, -0.15) is 0 Å². The molecule has 4 nitrogen and oxygen atoms in total. The van der Waals surface area contributed by atoms with E-state index in [0.717, 1.165) is 5.56 Å². The fourth-order valence-electron chi connectivity index (χ4n) is 1.80. The van der Waals surface area contributed by atoms with E-state index < -0.39 is 17.4 Å². The van der Waals surface area contributed by atoms with Gasteiger partial charge < -0.3 is 9.84 Å². The summed E-state index contributed by atoms with van der Waals surface area (Å²) in [6.07, 6.45) is 0.343. The van der Waals surface area contributed by atoms with Gasteiger partial charge in [0.1, 0.15) is 0 Å². The SMILES string of the molecule is CC[C@@](Cc1ccccc1)(C(=O)O)C(=O)OC. The molecule has 0 amide bonds. The van der Waals surface area contributed by atoms with Gasteiger partial charge in [0.25, 0.3) is 0 Å². The number of carbonyl (C=O) groups is 2. The number of carboxylic acid groups (broad SMARTS) is 1. The molecule has 1 rings (SSSR count). The fraction of sp³-hybridized carbons (Fsp3) is 0.385. The normalized spacial score (nSPS) is 13.8. The molecule has 1 aromatic rings. The summed E-state index contributed by atoms with van der Waals surface area (Å²) in [5.41, 5.74) is -0.682. The van der Waals surface area contributed by atoms with Crippen LogP contribution >= 0.6 is 0 Å². The summed E-state index contributed by atoms with van der Waals surface area (Å²) in [7, 11) is 1.21. The average molecular weight is 236 g/mol. The lowest BCUT2D eigenvalue weighted by atomic mass is 9.79. The van der Waals surface area contributed by atoms with Crippen molar-refractivity contribution >= 4 is 11.9 Å². The van der Waals surface area contributed by atoms with Crippen LogP contribution < -0.4 is 0 Å². The molecular formula is C13H16O4. The first-order chi connectivity index (χ1) is 8.06. The Morgan fingerprint density at radius 3 is 2.29 bits per heavy atom. The van der Waals surface area contributed by atoms with Crippen molar-refractivity contribution in [3.63, 3.8) is 0 Å². The zero-order chi connectivity index (χ0) is 12.9. The van der Waals surface area contributed by atoms with E-state index in [4.69, 9.17) is 0 Å². The number of aliphatic carboxylic acids is 1. The summed E-state index contributed by atoms with van der Waals surface area (Å²) in [5.74, 6) is -1.84. The molecule has 0 saturated carbocycles. The lowest BCUT2D eigenvalue weighted by Gasteiger charge is -2.25. The van der Waals surface area contributed by atoms with Crippen molar-refractivity contribution in [1.82, 2.24) is 0 Å². The van der Waals surface area contributed by atoms with Gasteiger partial charge in [0.05, 0.1) is 7.11 Å². The topological polar surface area (TPSA) is 63.6 Å². The first-order valence-electron chi connectivity index (χ1n) is 5.42. The van der Waals surface area contributed by atoms with Crippen LogP contribution in [0.3, 0.4) is 0 Å². The molecule has 0 radical (unpaired) electrons. The summed E-state index contributed by atoms with van der Waals surface area (Å²) in [4.78, 5) is 23.1. The lowest BCUT2D eigenvalue weighted by molar-refractivity contribution is -0.167. The molecule has 0 aliphatic rings. The van der Waals surface area contributed by atoms with Crippen molar-refractivity contribution < 1.29 is 19.4 Å². The Hall–Kier alpha value is -1.84. The molecule has 17 heavy (non-hydrogen) atoms. The maximum Gasteiger partial charge on any atom is 0.323 e. The molecule has 0 fully saturated rings. The number of methoxy groups -OCH3 is 1. The first-order valence-corrected chi connectivity index (χ1v) is 5.42. The van der Waals surface area contributed by atoms with Crippen molar-refractivity contribution in [3.05, 3.63) is 35.9 Å². The molecule has 0 aliphatic carbocycles. The Morgan fingerprint density at radius 1 is 1.29 bits per heavy atom. The van der Waals surface area contributed by atoms with Crippen LogP contribution in [0.5, 0.6) is 0 Å². The molecular weight excluding hydrogens is 220 g/mol. The van der Waals surface area contributed by atoms with Gasteiger partial charge >= 0.3 is 11.9 Å². The highest BCUT2D eigenvalue weighted by molar-refractivity contribution is 5.99. The third-order valence-electron chi connectivity index (χ3n) is 2.94. The number of esters is 1.